The van der Waals surface area contributed by atoms with Gasteiger partial charge in [-0.05, 0) is 66.0 Å². The monoisotopic (exact) mass is 283 g/mol. The van der Waals surface area contributed by atoms with Gasteiger partial charge < -0.3 is 10.6 Å². The smallest absolute Gasteiger partial charge is 0.220 e. The Bertz CT molecular complexity index is 265. The van der Waals surface area contributed by atoms with E-state index in [4.69, 9.17) is 0 Å². The van der Waals surface area contributed by atoms with Crippen molar-refractivity contribution in [2.45, 2.75) is 65.5 Å². The van der Waals surface area contributed by atoms with Crippen LogP contribution < -0.4 is 10.6 Å². The van der Waals surface area contributed by atoms with Crippen molar-refractivity contribution in [3.8, 4) is 0 Å². The Morgan fingerprint density at radius 1 is 1.30 bits per heavy atom. The number of piperidine rings is 1. The second-order valence-corrected chi connectivity index (χ2v) is 6.53. The van der Waals surface area contributed by atoms with Crippen molar-refractivity contribution < 1.29 is 4.79 Å². The Morgan fingerprint density at radius 2 is 2.00 bits per heavy atom. The maximum Gasteiger partial charge on any atom is 0.220 e. The van der Waals surface area contributed by atoms with Crippen LogP contribution in [0.4, 0.5) is 0 Å². The Hall–Kier alpha value is -0.610. The highest BCUT2D eigenvalue weighted by molar-refractivity contribution is 5.75. The van der Waals surface area contributed by atoms with Crippen LogP contribution in [-0.4, -0.2) is 49.1 Å². The van der Waals surface area contributed by atoms with Gasteiger partial charge in [0, 0.05) is 31.6 Å². The summed E-state index contributed by atoms with van der Waals surface area (Å²) in [7, 11) is 0. The predicted molar refractivity (Wildman–Crippen MR) is 84.8 cm³/mol. The van der Waals surface area contributed by atoms with Crippen LogP contribution in [-0.2, 0) is 4.79 Å². The number of nitrogens with one attached hydrogen (secondary N) is 2. The van der Waals surface area contributed by atoms with Gasteiger partial charge in [-0.1, -0.05) is 0 Å². The van der Waals surface area contributed by atoms with Gasteiger partial charge in [-0.2, -0.15) is 0 Å². The molecule has 0 aromatic carbocycles. The fraction of sp³-hybridized carbons (Fsp3) is 0.938. The number of nitrogens with zero attached hydrogens (tertiary/aromatic N) is 1. The summed E-state index contributed by atoms with van der Waals surface area (Å²) in [6, 6.07) is 1.06. The zero-order valence-corrected chi connectivity index (χ0v) is 13.7. The lowest BCUT2D eigenvalue weighted by Gasteiger charge is -2.30. The lowest BCUT2D eigenvalue weighted by Crippen LogP contribution is -2.42. The third kappa shape index (κ3) is 6.71. The number of carbonyl (C=O) groups is 1. The van der Waals surface area contributed by atoms with Crippen molar-refractivity contribution in [2.24, 2.45) is 5.92 Å². The number of hydrogen-bond acceptors (Lipinski definition) is 3. The van der Waals surface area contributed by atoms with E-state index in [0.29, 0.717) is 24.4 Å². The van der Waals surface area contributed by atoms with Gasteiger partial charge in [0.2, 0.25) is 5.91 Å². The van der Waals surface area contributed by atoms with Crippen LogP contribution in [0, 0.1) is 5.92 Å². The summed E-state index contributed by atoms with van der Waals surface area (Å²) in [5, 5.41) is 6.46. The molecule has 4 heteroatoms. The zero-order valence-electron chi connectivity index (χ0n) is 13.7. The zero-order chi connectivity index (χ0) is 15.0. The first-order valence-electron chi connectivity index (χ1n) is 8.24. The van der Waals surface area contributed by atoms with Crippen LogP contribution in [0.5, 0.6) is 0 Å². The van der Waals surface area contributed by atoms with Crippen molar-refractivity contribution in [1.82, 2.24) is 15.5 Å². The Labute approximate surface area is 124 Å². The van der Waals surface area contributed by atoms with E-state index < -0.39 is 0 Å². The van der Waals surface area contributed by atoms with E-state index in [1.54, 1.807) is 0 Å². The van der Waals surface area contributed by atoms with Crippen molar-refractivity contribution in [3.63, 3.8) is 0 Å². The summed E-state index contributed by atoms with van der Waals surface area (Å²) in [6.07, 6.45) is 4.23. The minimum atomic E-state index is 0.211. The lowest BCUT2D eigenvalue weighted by molar-refractivity contribution is -0.121. The minimum absolute atomic E-state index is 0.211. The highest BCUT2D eigenvalue weighted by atomic mass is 16.1. The third-order valence-electron chi connectivity index (χ3n) is 4.20. The first-order valence-corrected chi connectivity index (χ1v) is 8.24. The summed E-state index contributed by atoms with van der Waals surface area (Å²) in [4.78, 5) is 14.3. The topological polar surface area (TPSA) is 44.4 Å². The molecule has 1 amide bonds. The molecule has 2 N–H and O–H groups in total. The third-order valence-corrected chi connectivity index (χ3v) is 4.20. The lowest BCUT2D eigenvalue weighted by atomic mass is 9.94. The summed E-state index contributed by atoms with van der Waals surface area (Å²) in [5.74, 6) is 0.903. The molecule has 0 bridgehead atoms. The average Bonchev–Trinajstić information content (AvgIpc) is 2.41. The van der Waals surface area contributed by atoms with Crippen LogP contribution in [0.2, 0.25) is 0 Å². The first kappa shape index (κ1) is 17.4. The SMILES string of the molecule is CC(C)N(CCNC(=O)CCC1CCCNC1)C(C)C. The summed E-state index contributed by atoms with van der Waals surface area (Å²) in [5.41, 5.74) is 0. The van der Waals surface area contributed by atoms with Gasteiger partial charge in [-0.15, -0.1) is 0 Å². The first-order chi connectivity index (χ1) is 9.50. The van der Waals surface area contributed by atoms with Crippen molar-refractivity contribution in [1.29, 1.82) is 0 Å². The van der Waals surface area contributed by atoms with E-state index in [2.05, 4.69) is 43.2 Å². The molecule has 20 heavy (non-hydrogen) atoms. The Morgan fingerprint density at radius 3 is 2.55 bits per heavy atom. The summed E-state index contributed by atoms with van der Waals surface area (Å²) >= 11 is 0. The molecule has 1 atom stereocenters. The molecule has 1 saturated heterocycles. The maximum absolute atomic E-state index is 11.9. The molecule has 1 unspecified atom stereocenters. The summed E-state index contributed by atoms with van der Waals surface area (Å²) in [6.45, 7) is 12.8. The second-order valence-electron chi connectivity index (χ2n) is 6.53. The molecule has 4 nitrogen and oxygen atoms in total. The van der Waals surface area contributed by atoms with Crippen LogP contribution in [0.3, 0.4) is 0 Å². The minimum Gasteiger partial charge on any atom is -0.355 e. The van der Waals surface area contributed by atoms with E-state index in [-0.39, 0.29) is 5.91 Å². The molecular formula is C16H33N3O. The maximum atomic E-state index is 11.9. The van der Waals surface area contributed by atoms with E-state index in [1.807, 2.05) is 0 Å². The van der Waals surface area contributed by atoms with Gasteiger partial charge in [-0.25, -0.2) is 0 Å². The number of carbonyl (C=O) groups excluding carboxylic acids is 1. The van der Waals surface area contributed by atoms with Gasteiger partial charge >= 0.3 is 0 Å². The second kappa shape index (κ2) is 9.35. The molecule has 1 fully saturated rings. The van der Waals surface area contributed by atoms with Crippen molar-refractivity contribution in [3.05, 3.63) is 0 Å². The van der Waals surface area contributed by atoms with Crippen molar-refractivity contribution in [2.75, 3.05) is 26.2 Å². The van der Waals surface area contributed by atoms with Crippen LogP contribution in [0.1, 0.15) is 53.4 Å². The normalized spacial score (nSPS) is 19.9. The molecule has 0 saturated carbocycles. The van der Waals surface area contributed by atoms with Crippen LogP contribution >= 0.6 is 0 Å². The predicted octanol–water partition coefficient (Wildman–Crippen LogP) is 2.00. The fourth-order valence-corrected chi connectivity index (χ4v) is 3.03. The standard InChI is InChI=1S/C16H33N3O/c1-13(2)19(14(3)4)11-10-18-16(20)8-7-15-6-5-9-17-12-15/h13-15,17H,5-12H2,1-4H3,(H,18,20). The molecule has 1 aliphatic rings. The molecule has 0 aliphatic carbocycles. The molecule has 0 aromatic heterocycles. The van der Waals surface area contributed by atoms with Crippen molar-refractivity contribution >= 4 is 5.91 Å². The van der Waals surface area contributed by atoms with Gasteiger partial charge in [0.1, 0.15) is 0 Å². The van der Waals surface area contributed by atoms with Crippen LogP contribution in [0.15, 0.2) is 0 Å². The molecule has 1 heterocycles. The van der Waals surface area contributed by atoms with E-state index in [0.717, 1.165) is 32.6 Å². The average molecular weight is 283 g/mol. The Kier molecular flexibility index (Phi) is 8.15. The molecule has 1 rings (SSSR count). The van der Waals surface area contributed by atoms with Gasteiger partial charge in [-0.3, -0.25) is 9.69 Å². The van der Waals surface area contributed by atoms with Gasteiger partial charge in [0.05, 0.1) is 0 Å². The highest BCUT2D eigenvalue weighted by Crippen LogP contribution is 2.15. The van der Waals surface area contributed by atoms with E-state index >= 15 is 0 Å². The quantitative estimate of drug-likeness (QED) is 0.716. The van der Waals surface area contributed by atoms with E-state index in [9.17, 15) is 4.79 Å². The molecule has 0 radical (unpaired) electrons. The summed E-state index contributed by atoms with van der Waals surface area (Å²) < 4.78 is 0. The number of rotatable bonds is 8. The Balaban J connectivity index is 2.12. The molecule has 0 aromatic rings. The molecule has 0 spiro atoms. The molecule has 118 valence electrons. The number of amides is 1. The van der Waals surface area contributed by atoms with E-state index in [1.165, 1.54) is 12.8 Å². The molecule has 1 aliphatic heterocycles. The largest absolute Gasteiger partial charge is 0.355 e. The highest BCUT2D eigenvalue weighted by Gasteiger charge is 2.15. The number of hydrogen-bond donors (Lipinski definition) is 2. The van der Waals surface area contributed by atoms with Gasteiger partial charge in [0.25, 0.3) is 0 Å². The van der Waals surface area contributed by atoms with Gasteiger partial charge in [0.15, 0.2) is 0 Å². The van der Waals surface area contributed by atoms with Crippen LogP contribution in [0.25, 0.3) is 0 Å². The molecular weight excluding hydrogens is 250 g/mol. The fourth-order valence-electron chi connectivity index (χ4n) is 3.03.